The summed E-state index contributed by atoms with van der Waals surface area (Å²) in [5, 5.41) is 14.6. The number of morpholine rings is 1. The number of sulfone groups is 1. The van der Waals surface area contributed by atoms with Crippen LogP contribution in [0.25, 0.3) is 23.0 Å². The van der Waals surface area contributed by atoms with Crippen molar-refractivity contribution in [2.75, 3.05) is 26.3 Å². The lowest BCUT2D eigenvalue weighted by Gasteiger charge is -2.26. The molecular weight excluding hydrogens is 616 g/mol. The van der Waals surface area contributed by atoms with Gasteiger partial charge in [0.1, 0.15) is 16.7 Å². The fraction of sp³-hybridized carbons (Fsp3) is 0.143. The van der Waals surface area contributed by atoms with E-state index in [-0.39, 0.29) is 22.9 Å². The van der Waals surface area contributed by atoms with Crippen LogP contribution in [0.2, 0.25) is 0 Å². The average molecular weight is 640 g/mol. The van der Waals surface area contributed by atoms with E-state index in [1.807, 2.05) is 36.4 Å². The number of hydrogen-bond acceptors (Lipinski definition) is 7. The van der Waals surface area contributed by atoms with Crippen molar-refractivity contribution in [1.29, 1.82) is 5.26 Å². The van der Waals surface area contributed by atoms with Crippen LogP contribution in [0.5, 0.6) is 0 Å². The summed E-state index contributed by atoms with van der Waals surface area (Å²) in [4.78, 5) is -0.418. The molecule has 204 valence electrons. The molecule has 1 saturated heterocycles. The highest BCUT2D eigenvalue weighted by atomic mass is 79.9. The Balaban J connectivity index is 1.64. The number of allylic oxidation sites excluding steroid dienone is 1. The van der Waals surface area contributed by atoms with Crippen molar-refractivity contribution in [2.24, 2.45) is 0 Å². The van der Waals surface area contributed by atoms with Gasteiger partial charge in [0.05, 0.1) is 28.7 Å². The summed E-state index contributed by atoms with van der Waals surface area (Å²) >= 11 is 3.29. The standard InChI is InChI=1S/C28H23BrN4O5S2/c29-23-9-11-25(12-10-23)39(34,35)27(19-30)18-22-20-33(24-6-2-1-3-7-24)31-28(22)21-5-4-8-26(17-21)40(36,37)32-13-15-38-16-14-32/h1-12,17-18,20H,13-16H2/b27-18+. The van der Waals surface area contributed by atoms with Gasteiger partial charge in [-0.15, -0.1) is 0 Å². The molecule has 0 unspecified atom stereocenters. The van der Waals surface area contributed by atoms with E-state index in [2.05, 4.69) is 21.0 Å². The van der Waals surface area contributed by atoms with Gasteiger partial charge in [0.15, 0.2) is 0 Å². The quantitative estimate of drug-likeness (QED) is 0.270. The van der Waals surface area contributed by atoms with Gasteiger partial charge >= 0.3 is 0 Å². The van der Waals surface area contributed by atoms with E-state index < -0.39 is 24.8 Å². The summed E-state index contributed by atoms with van der Waals surface area (Å²) in [6, 6.07) is 23.3. The van der Waals surface area contributed by atoms with Crippen LogP contribution in [0.3, 0.4) is 0 Å². The first-order valence-electron chi connectivity index (χ1n) is 12.2. The zero-order chi connectivity index (χ0) is 28.3. The summed E-state index contributed by atoms with van der Waals surface area (Å²) in [6.45, 7) is 1.14. The molecule has 9 nitrogen and oxygen atoms in total. The van der Waals surface area contributed by atoms with Crippen LogP contribution in [0.15, 0.2) is 104 Å². The van der Waals surface area contributed by atoms with Gasteiger partial charge in [-0.1, -0.05) is 46.3 Å². The molecule has 0 radical (unpaired) electrons. The van der Waals surface area contributed by atoms with Crippen LogP contribution in [0, 0.1) is 11.3 Å². The maximum atomic E-state index is 13.3. The molecule has 0 N–H and O–H groups in total. The van der Waals surface area contributed by atoms with E-state index in [4.69, 9.17) is 4.74 Å². The van der Waals surface area contributed by atoms with Crippen molar-refractivity contribution in [3.05, 3.63) is 100 Å². The summed E-state index contributed by atoms with van der Waals surface area (Å²) < 4.78 is 62.3. The Bertz CT molecular complexity index is 1820. The predicted octanol–water partition coefficient (Wildman–Crippen LogP) is 4.66. The van der Waals surface area contributed by atoms with Gasteiger partial charge in [-0.25, -0.2) is 21.5 Å². The maximum Gasteiger partial charge on any atom is 0.243 e. The number of nitriles is 1. The Labute approximate surface area is 241 Å². The number of para-hydroxylation sites is 1. The van der Waals surface area contributed by atoms with E-state index in [0.717, 1.165) is 0 Å². The largest absolute Gasteiger partial charge is 0.379 e. The molecule has 0 aliphatic carbocycles. The number of halogens is 1. The molecule has 1 aliphatic rings. The fourth-order valence-electron chi connectivity index (χ4n) is 4.22. The van der Waals surface area contributed by atoms with Gasteiger partial charge in [0.2, 0.25) is 19.9 Å². The number of sulfonamides is 1. The number of hydrogen-bond donors (Lipinski definition) is 0. The third-order valence-corrected chi connectivity index (χ3v) is 10.4. The maximum absolute atomic E-state index is 13.3. The van der Waals surface area contributed by atoms with Crippen molar-refractivity contribution < 1.29 is 21.6 Å². The second-order valence-electron chi connectivity index (χ2n) is 8.84. The van der Waals surface area contributed by atoms with E-state index in [1.165, 1.54) is 34.6 Å². The van der Waals surface area contributed by atoms with Crippen molar-refractivity contribution >= 4 is 41.9 Å². The van der Waals surface area contributed by atoms with Crippen molar-refractivity contribution in [3.63, 3.8) is 0 Å². The molecule has 1 fully saturated rings. The lowest BCUT2D eigenvalue weighted by atomic mass is 10.1. The first-order chi connectivity index (χ1) is 19.2. The molecule has 0 saturated carbocycles. The molecular formula is C28H23BrN4O5S2. The fourth-order valence-corrected chi connectivity index (χ4v) is 7.09. The number of benzene rings is 3. The van der Waals surface area contributed by atoms with Crippen molar-refractivity contribution in [1.82, 2.24) is 14.1 Å². The number of nitrogens with zero attached hydrogens (tertiary/aromatic N) is 4. The Morgan fingerprint density at radius 1 is 0.925 bits per heavy atom. The molecule has 4 aromatic rings. The molecule has 1 aliphatic heterocycles. The Morgan fingerprint density at radius 2 is 1.62 bits per heavy atom. The van der Waals surface area contributed by atoms with Gasteiger partial charge in [-0.3, -0.25) is 0 Å². The molecule has 2 heterocycles. The molecule has 0 amide bonds. The number of ether oxygens (including phenoxy) is 1. The third kappa shape index (κ3) is 5.65. The molecule has 40 heavy (non-hydrogen) atoms. The minimum absolute atomic E-state index is 0.0286. The van der Waals surface area contributed by atoms with Gasteiger partial charge in [0, 0.05) is 34.9 Å². The molecule has 0 atom stereocenters. The Hall–Kier alpha value is -3.60. The third-order valence-electron chi connectivity index (χ3n) is 6.29. The zero-order valence-corrected chi connectivity index (χ0v) is 24.2. The summed E-state index contributed by atoms with van der Waals surface area (Å²) in [7, 11) is -7.93. The van der Waals surface area contributed by atoms with E-state index >= 15 is 0 Å². The van der Waals surface area contributed by atoms with Crippen LogP contribution in [0.4, 0.5) is 0 Å². The van der Waals surface area contributed by atoms with Crippen LogP contribution in [0.1, 0.15) is 5.56 Å². The molecule has 0 spiro atoms. The summed E-state index contributed by atoms with van der Waals surface area (Å²) in [5.41, 5.74) is 1.81. The SMILES string of the molecule is N#C/C(=C\c1cn(-c2ccccc2)nc1-c1cccc(S(=O)(=O)N2CCOCC2)c1)S(=O)(=O)c1ccc(Br)cc1. The monoisotopic (exact) mass is 638 g/mol. The lowest BCUT2D eigenvalue weighted by molar-refractivity contribution is 0.0730. The average Bonchev–Trinajstić information content (AvgIpc) is 3.41. The van der Waals surface area contributed by atoms with Gasteiger partial charge in [-0.2, -0.15) is 14.7 Å². The van der Waals surface area contributed by atoms with Crippen molar-refractivity contribution in [2.45, 2.75) is 9.79 Å². The minimum atomic E-state index is -4.14. The molecule has 1 aromatic heterocycles. The van der Waals surface area contributed by atoms with Crippen molar-refractivity contribution in [3.8, 4) is 23.0 Å². The highest BCUT2D eigenvalue weighted by molar-refractivity contribution is 9.10. The van der Waals surface area contributed by atoms with Crippen LogP contribution < -0.4 is 0 Å². The molecule has 0 bridgehead atoms. The Kier molecular flexibility index (Phi) is 8.02. The normalized spacial score (nSPS) is 15.1. The Morgan fingerprint density at radius 3 is 2.30 bits per heavy atom. The topological polar surface area (TPSA) is 122 Å². The highest BCUT2D eigenvalue weighted by Gasteiger charge is 2.27. The predicted molar refractivity (Wildman–Crippen MR) is 153 cm³/mol. The zero-order valence-electron chi connectivity index (χ0n) is 21.0. The second-order valence-corrected chi connectivity index (χ2v) is 13.6. The second kappa shape index (κ2) is 11.5. The summed E-state index contributed by atoms with van der Waals surface area (Å²) in [5.74, 6) is 0. The first kappa shape index (κ1) is 27.9. The highest BCUT2D eigenvalue weighted by Crippen LogP contribution is 2.31. The van der Waals surface area contributed by atoms with Gasteiger partial charge < -0.3 is 4.74 Å². The molecule has 5 rings (SSSR count). The van der Waals surface area contributed by atoms with Crippen LogP contribution in [-0.4, -0.2) is 57.2 Å². The van der Waals surface area contributed by atoms with E-state index in [1.54, 1.807) is 35.1 Å². The molecule has 3 aromatic carbocycles. The first-order valence-corrected chi connectivity index (χ1v) is 15.9. The minimum Gasteiger partial charge on any atom is -0.379 e. The summed E-state index contributed by atoms with van der Waals surface area (Å²) in [6.07, 6.45) is 2.88. The number of rotatable bonds is 7. The van der Waals surface area contributed by atoms with E-state index in [9.17, 15) is 22.1 Å². The van der Waals surface area contributed by atoms with Gasteiger partial charge in [0.25, 0.3) is 0 Å². The van der Waals surface area contributed by atoms with Crippen LogP contribution >= 0.6 is 15.9 Å². The number of aromatic nitrogens is 2. The van der Waals surface area contributed by atoms with Crippen LogP contribution in [-0.2, 0) is 24.6 Å². The lowest BCUT2D eigenvalue weighted by Crippen LogP contribution is -2.40. The smallest absolute Gasteiger partial charge is 0.243 e. The van der Waals surface area contributed by atoms with E-state index in [0.29, 0.717) is 40.2 Å². The van der Waals surface area contributed by atoms with Gasteiger partial charge in [-0.05, 0) is 54.6 Å². The molecule has 12 heteroatoms.